The Morgan fingerprint density at radius 2 is 1.14 bits per heavy atom. The minimum Gasteiger partial charge on any atom is -0.376 e. The maximum Gasteiger partial charge on any atom is 0.141 e. The van der Waals surface area contributed by atoms with Gasteiger partial charge in [0.15, 0.2) is 0 Å². The molecule has 1 aliphatic rings. The number of aliphatic hydroxyl groups is 1. The first-order chi connectivity index (χ1) is 10.2. The summed E-state index contributed by atoms with van der Waals surface area (Å²) in [5, 5.41) is 11.5. The fourth-order valence-electron chi connectivity index (χ4n) is 3.21. The molecule has 0 unspecified atom stereocenters. The Morgan fingerprint density at radius 3 is 1.67 bits per heavy atom. The maximum absolute atomic E-state index is 11.5. The molecule has 0 aromatic heterocycles. The Hall–Kier alpha value is -1.90. The van der Waals surface area contributed by atoms with Crippen LogP contribution >= 0.6 is 15.9 Å². The summed E-state index contributed by atoms with van der Waals surface area (Å²) in [7, 11) is 0. The lowest BCUT2D eigenvalue weighted by atomic mass is 9.84. The standard InChI is InChI=1S/C19H13BrO/c20-14-11-9-13(10-12-14)19(21)17-7-3-1-5-15(17)16-6-2-4-8-18(16)19/h1-12,21H. The summed E-state index contributed by atoms with van der Waals surface area (Å²) in [6, 6.07) is 24.1. The fraction of sp³-hybridized carbons (Fsp3) is 0.0526. The van der Waals surface area contributed by atoms with Crippen LogP contribution in [0.2, 0.25) is 0 Å². The lowest BCUT2D eigenvalue weighted by Gasteiger charge is -2.26. The van der Waals surface area contributed by atoms with E-state index < -0.39 is 5.60 Å². The molecule has 102 valence electrons. The number of hydrogen-bond donors (Lipinski definition) is 1. The molecule has 0 saturated carbocycles. The van der Waals surface area contributed by atoms with Crippen molar-refractivity contribution in [1.82, 2.24) is 0 Å². The third kappa shape index (κ3) is 1.73. The Bertz CT molecular complexity index is 775. The van der Waals surface area contributed by atoms with Gasteiger partial charge in [0.05, 0.1) is 0 Å². The molecule has 1 nitrogen and oxygen atoms in total. The van der Waals surface area contributed by atoms with Crippen LogP contribution in [0.5, 0.6) is 0 Å². The lowest BCUT2D eigenvalue weighted by molar-refractivity contribution is 0.130. The molecule has 3 aromatic carbocycles. The highest BCUT2D eigenvalue weighted by atomic mass is 79.9. The summed E-state index contributed by atoms with van der Waals surface area (Å²) >= 11 is 3.45. The van der Waals surface area contributed by atoms with Crippen LogP contribution in [-0.2, 0) is 5.60 Å². The summed E-state index contributed by atoms with van der Waals surface area (Å²) in [6.07, 6.45) is 0. The van der Waals surface area contributed by atoms with Crippen molar-refractivity contribution < 1.29 is 5.11 Å². The number of benzene rings is 3. The fourth-order valence-corrected chi connectivity index (χ4v) is 3.48. The zero-order valence-electron chi connectivity index (χ0n) is 11.3. The van der Waals surface area contributed by atoms with Gasteiger partial charge in [0.25, 0.3) is 0 Å². The predicted octanol–water partition coefficient (Wildman–Crippen LogP) is 4.71. The molecule has 1 aliphatic carbocycles. The van der Waals surface area contributed by atoms with Gasteiger partial charge in [0, 0.05) is 15.6 Å². The van der Waals surface area contributed by atoms with Gasteiger partial charge < -0.3 is 5.11 Å². The molecule has 0 spiro atoms. The lowest BCUT2D eigenvalue weighted by Crippen LogP contribution is -2.25. The summed E-state index contributed by atoms with van der Waals surface area (Å²) in [4.78, 5) is 0. The van der Waals surface area contributed by atoms with E-state index in [0.717, 1.165) is 32.3 Å². The van der Waals surface area contributed by atoms with Gasteiger partial charge in [-0.1, -0.05) is 76.6 Å². The molecular weight excluding hydrogens is 324 g/mol. The average Bonchev–Trinajstić information content (AvgIpc) is 2.80. The summed E-state index contributed by atoms with van der Waals surface area (Å²) in [5.41, 5.74) is 3.94. The molecule has 1 N–H and O–H groups in total. The van der Waals surface area contributed by atoms with Crippen molar-refractivity contribution >= 4 is 15.9 Å². The zero-order chi connectivity index (χ0) is 14.4. The second-order valence-electron chi connectivity index (χ2n) is 5.31. The normalized spacial score (nSPS) is 14.6. The van der Waals surface area contributed by atoms with Crippen molar-refractivity contribution in [3.05, 3.63) is 94.0 Å². The van der Waals surface area contributed by atoms with E-state index >= 15 is 0 Å². The molecule has 3 aromatic rings. The van der Waals surface area contributed by atoms with Crippen LogP contribution in [-0.4, -0.2) is 5.11 Å². The summed E-state index contributed by atoms with van der Waals surface area (Å²) in [6.45, 7) is 0. The highest BCUT2D eigenvalue weighted by Gasteiger charge is 2.42. The Morgan fingerprint density at radius 1 is 0.667 bits per heavy atom. The van der Waals surface area contributed by atoms with Crippen LogP contribution in [0.3, 0.4) is 0 Å². The van der Waals surface area contributed by atoms with Crippen LogP contribution in [0.1, 0.15) is 16.7 Å². The number of hydrogen-bond acceptors (Lipinski definition) is 1. The average molecular weight is 337 g/mol. The molecule has 21 heavy (non-hydrogen) atoms. The first kappa shape index (κ1) is 12.8. The van der Waals surface area contributed by atoms with E-state index in [1.165, 1.54) is 0 Å². The molecule has 0 aliphatic heterocycles. The van der Waals surface area contributed by atoms with E-state index in [9.17, 15) is 5.11 Å². The Labute approximate surface area is 132 Å². The van der Waals surface area contributed by atoms with Crippen molar-refractivity contribution in [3.63, 3.8) is 0 Å². The predicted molar refractivity (Wildman–Crippen MR) is 88.1 cm³/mol. The summed E-state index contributed by atoms with van der Waals surface area (Å²) in [5.74, 6) is 0. The number of fused-ring (bicyclic) bond motifs is 3. The van der Waals surface area contributed by atoms with Crippen molar-refractivity contribution in [1.29, 1.82) is 0 Å². The topological polar surface area (TPSA) is 20.2 Å². The van der Waals surface area contributed by atoms with Gasteiger partial charge in [-0.2, -0.15) is 0 Å². The zero-order valence-corrected chi connectivity index (χ0v) is 12.8. The molecule has 0 saturated heterocycles. The number of halogens is 1. The maximum atomic E-state index is 11.5. The molecule has 0 bridgehead atoms. The second-order valence-corrected chi connectivity index (χ2v) is 6.22. The molecule has 0 amide bonds. The molecular formula is C19H13BrO. The third-order valence-corrected chi connectivity index (χ3v) is 4.71. The molecule has 0 atom stereocenters. The first-order valence-electron chi connectivity index (χ1n) is 6.89. The van der Waals surface area contributed by atoms with Crippen molar-refractivity contribution in [3.8, 4) is 11.1 Å². The van der Waals surface area contributed by atoms with E-state index in [-0.39, 0.29) is 0 Å². The van der Waals surface area contributed by atoms with E-state index in [0.29, 0.717) is 0 Å². The van der Waals surface area contributed by atoms with Crippen LogP contribution in [0.25, 0.3) is 11.1 Å². The Balaban J connectivity index is 2.06. The third-order valence-electron chi connectivity index (χ3n) is 4.19. The monoisotopic (exact) mass is 336 g/mol. The highest BCUT2D eigenvalue weighted by molar-refractivity contribution is 9.10. The van der Waals surface area contributed by atoms with E-state index in [4.69, 9.17) is 0 Å². The SMILES string of the molecule is OC1(c2ccc(Br)cc2)c2ccccc2-c2ccccc21. The van der Waals surface area contributed by atoms with Gasteiger partial charge in [-0.25, -0.2) is 0 Å². The van der Waals surface area contributed by atoms with Crippen LogP contribution < -0.4 is 0 Å². The molecule has 0 fully saturated rings. The van der Waals surface area contributed by atoms with Gasteiger partial charge >= 0.3 is 0 Å². The van der Waals surface area contributed by atoms with Gasteiger partial charge in [-0.05, 0) is 28.8 Å². The van der Waals surface area contributed by atoms with Gasteiger partial charge in [-0.3, -0.25) is 0 Å². The van der Waals surface area contributed by atoms with Crippen LogP contribution in [0.15, 0.2) is 77.3 Å². The van der Waals surface area contributed by atoms with Crippen molar-refractivity contribution in [2.24, 2.45) is 0 Å². The van der Waals surface area contributed by atoms with Gasteiger partial charge in [0.1, 0.15) is 5.60 Å². The molecule has 2 heteroatoms. The van der Waals surface area contributed by atoms with Gasteiger partial charge in [0.2, 0.25) is 0 Å². The summed E-state index contributed by atoms with van der Waals surface area (Å²) < 4.78 is 1.01. The minimum atomic E-state index is -1.08. The minimum absolute atomic E-state index is 0.892. The van der Waals surface area contributed by atoms with Gasteiger partial charge in [-0.15, -0.1) is 0 Å². The van der Waals surface area contributed by atoms with Crippen LogP contribution in [0, 0.1) is 0 Å². The van der Waals surface area contributed by atoms with E-state index in [1.54, 1.807) is 0 Å². The van der Waals surface area contributed by atoms with E-state index in [1.807, 2.05) is 60.7 Å². The Kier molecular flexibility index (Phi) is 2.78. The van der Waals surface area contributed by atoms with Crippen LogP contribution in [0.4, 0.5) is 0 Å². The molecule has 0 radical (unpaired) electrons. The largest absolute Gasteiger partial charge is 0.376 e. The van der Waals surface area contributed by atoms with Crippen molar-refractivity contribution in [2.75, 3.05) is 0 Å². The number of rotatable bonds is 1. The molecule has 4 rings (SSSR count). The second kappa shape index (κ2) is 4.55. The smallest absolute Gasteiger partial charge is 0.141 e. The molecule has 0 heterocycles. The highest BCUT2D eigenvalue weighted by Crippen LogP contribution is 2.50. The quantitative estimate of drug-likeness (QED) is 0.682. The van der Waals surface area contributed by atoms with Crippen molar-refractivity contribution in [2.45, 2.75) is 5.60 Å². The first-order valence-corrected chi connectivity index (χ1v) is 7.68. The van der Waals surface area contributed by atoms with E-state index in [2.05, 4.69) is 28.1 Å².